The average Bonchev–Trinajstić information content (AvgIpc) is 3.56. The summed E-state index contributed by atoms with van der Waals surface area (Å²) >= 11 is 2.52. The van der Waals surface area contributed by atoms with Gasteiger partial charge >= 0.3 is 0 Å². The van der Waals surface area contributed by atoms with Gasteiger partial charge in [0.25, 0.3) is 0 Å². The predicted octanol–water partition coefficient (Wildman–Crippen LogP) is 5.24. The zero-order valence-corrected chi connectivity index (χ0v) is 22.0. The smallest absolute Gasteiger partial charge is 0.0931 e. The maximum Gasteiger partial charge on any atom is 0.0931 e. The Morgan fingerprint density at radius 2 is 1.53 bits per heavy atom. The van der Waals surface area contributed by atoms with Crippen molar-refractivity contribution in [1.82, 2.24) is 9.80 Å². The molecule has 0 amide bonds. The Kier molecular flexibility index (Phi) is 4.65. The molecule has 4 aliphatic rings. The number of anilines is 2. The first kappa shape index (κ1) is 21.2. The van der Waals surface area contributed by atoms with Gasteiger partial charge in [0.2, 0.25) is 0 Å². The van der Waals surface area contributed by atoms with Gasteiger partial charge in [0.15, 0.2) is 0 Å². The van der Waals surface area contributed by atoms with Crippen molar-refractivity contribution in [1.29, 1.82) is 0 Å². The van der Waals surface area contributed by atoms with E-state index in [1.165, 1.54) is 38.9 Å². The molecular formula is C29H31IN4. The number of hydrogen-bond acceptors (Lipinski definition) is 4. The highest BCUT2D eigenvalue weighted by molar-refractivity contribution is 14.1. The molecule has 4 atom stereocenters. The van der Waals surface area contributed by atoms with E-state index >= 15 is 0 Å². The van der Waals surface area contributed by atoms with Crippen LogP contribution in [0.25, 0.3) is 0 Å². The van der Waals surface area contributed by atoms with Crippen LogP contribution in [0.4, 0.5) is 11.4 Å². The van der Waals surface area contributed by atoms with Gasteiger partial charge in [-0.15, -0.1) is 0 Å². The molecular weight excluding hydrogens is 531 g/mol. The van der Waals surface area contributed by atoms with E-state index in [2.05, 4.69) is 129 Å². The molecule has 3 aromatic carbocycles. The maximum absolute atomic E-state index is 4.03. The van der Waals surface area contributed by atoms with Crippen LogP contribution in [0.5, 0.6) is 0 Å². The number of para-hydroxylation sites is 2. The van der Waals surface area contributed by atoms with Crippen molar-refractivity contribution in [2.24, 2.45) is 0 Å². The first-order valence-electron chi connectivity index (χ1n) is 12.4. The topological polar surface area (TPSA) is 21.8 Å². The number of nitrogens with one attached hydrogen (secondary N) is 1. The lowest BCUT2D eigenvalue weighted by atomic mass is 9.55. The van der Waals surface area contributed by atoms with E-state index in [0.717, 1.165) is 19.6 Å². The SMILES string of the molecule is CN1CC[C@@]2([C@@]34CCN(C)[C@@H]3Nc3c(I)cccc34)c3ccccc3N(Cc3ccccc3)[C@@H]12. The van der Waals surface area contributed by atoms with Gasteiger partial charge < -0.3 is 10.2 Å². The van der Waals surface area contributed by atoms with Gasteiger partial charge in [-0.2, -0.15) is 0 Å². The summed E-state index contributed by atoms with van der Waals surface area (Å²) in [6, 6.07) is 27.3. The lowest BCUT2D eigenvalue weighted by Crippen LogP contribution is -2.61. The molecule has 7 rings (SSSR count). The molecule has 1 N–H and O–H groups in total. The average molecular weight is 562 g/mol. The summed E-state index contributed by atoms with van der Waals surface area (Å²) in [5, 5.41) is 4.03. The van der Waals surface area contributed by atoms with Gasteiger partial charge in [0.05, 0.1) is 18.0 Å². The first-order chi connectivity index (χ1) is 16.6. The number of hydrogen-bond donors (Lipinski definition) is 1. The second-order valence-electron chi connectivity index (χ2n) is 10.6. The Morgan fingerprint density at radius 1 is 0.824 bits per heavy atom. The third-order valence-corrected chi connectivity index (χ3v) is 10.1. The number of benzene rings is 3. The van der Waals surface area contributed by atoms with Crippen molar-refractivity contribution in [3.63, 3.8) is 0 Å². The van der Waals surface area contributed by atoms with Crippen LogP contribution in [0.3, 0.4) is 0 Å². The van der Waals surface area contributed by atoms with E-state index in [0.29, 0.717) is 12.3 Å². The summed E-state index contributed by atoms with van der Waals surface area (Å²) in [5.74, 6) is 0. The molecule has 4 nitrogen and oxygen atoms in total. The molecule has 4 aliphatic heterocycles. The second kappa shape index (κ2) is 7.45. The number of fused-ring (bicyclic) bond motifs is 7. The van der Waals surface area contributed by atoms with Crippen molar-refractivity contribution in [2.45, 2.75) is 42.5 Å². The molecule has 0 aromatic heterocycles. The van der Waals surface area contributed by atoms with Gasteiger partial charge in [-0.05, 0) is 78.4 Å². The first-order valence-corrected chi connectivity index (χ1v) is 13.5. The fourth-order valence-corrected chi connectivity index (χ4v) is 8.69. The van der Waals surface area contributed by atoms with Crippen LogP contribution in [0.15, 0.2) is 72.8 Å². The minimum Gasteiger partial charge on any atom is -0.368 e. The molecule has 0 spiro atoms. The summed E-state index contributed by atoms with van der Waals surface area (Å²) in [6.07, 6.45) is 3.03. The highest BCUT2D eigenvalue weighted by Gasteiger charge is 2.72. The van der Waals surface area contributed by atoms with Gasteiger partial charge in [-0.25, -0.2) is 0 Å². The predicted molar refractivity (Wildman–Crippen MR) is 147 cm³/mol. The van der Waals surface area contributed by atoms with Crippen LogP contribution >= 0.6 is 22.6 Å². The Bertz CT molecular complexity index is 1260. The fraction of sp³-hybridized carbons (Fsp3) is 0.379. The largest absolute Gasteiger partial charge is 0.368 e. The number of likely N-dealkylation sites (N-methyl/N-ethyl adjacent to an activating group) is 2. The van der Waals surface area contributed by atoms with Crippen LogP contribution in [0, 0.1) is 3.57 Å². The summed E-state index contributed by atoms with van der Waals surface area (Å²) in [6.45, 7) is 3.20. The van der Waals surface area contributed by atoms with Gasteiger partial charge in [0.1, 0.15) is 0 Å². The van der Waals surface area contributed by atoms with Crippen LogP contribution in [-0.2, 0) is 17.4 Å². The van der Waals surface area contributed by atoms with Crippen LogP contribution in [0.2, 0.25) is 0 Å². The van der Waals surface area contributed by atoms with Crippen molar-refractivity contribution >= 4 is 34.0 Å². The highest BCUT2D eigenvalue weighted by atomic mass is 127. The third kappa shape index (κ3) is 2.50. The number of rotatable bonds is 3. The van der Waals surface area contributed by atoms with E-state index in [1.807, 2.05) is 0 Å². The molecule has 2 fully saturated rings. The summed E-state index contributed by atoms with van der Waals surface area (Å²) < 4.78 is 1.34. The van der Waals surface area contributed by atoms with E-state index in [1.54, 1.807) is 5.56 Å². The normalized spacial score (nSPS) is 31.8. The van der Waals surface area contributed by atoms with Gasteiger partial charge in [-0.1, -0.05) is 60.7 Å². The molecule has 5 heteroatoms. The van der Waals surface area contributed by atoms with Crippen molar-refractivity contribution in [3.8, 4) is 0 Å². The molecule has 0 saturated carbocycles. The van der Waals surface area contributed by atoms with E-state index in [9.17, 15) is 0 Å². The Hall–Kier alpha value is -2.09. The Morgan fingerprint density at radius 3 is 2.38 bits per heavy atom. The van der Waals surface area contributed by atoms with Crippen molar-refractivity contribution in [2.75, 3.05) is 37.4 Å². The molecule has 3 aromatic rings. The highest BCUT2D eigenvalue weighted by Crippen LogP contribution is 2.67. The lowest BCUT2D eigenvalue weighted by Gasteiger charge is -2.49. The summed E-state index contributed by atoms with van der Waals surface area (Å²) in [7, 11) is 4.66. The second-order valence-corrected chi connectivity index (χ2v) is 11.8. The Balaban J connectivity index is 1.49. The monoisotopic (exact) mass is 562 g/mol. The number of likely N-dealkylation sites (tertiary alicyclic amines) is 2. The van der Waals surface area contributed by atoms with Crippen molar-refractivity contribution < 1.29 is 0 Å². The molecule has 2 saturated heterocycles. The van der Waals surface area contributed by atoms with E-state index in [4.69, 9.17) is 0 Å². The minimum absolute atomic E-state index is 0.0330. The number of nitrogens with zero attached hydrogens (tertiary/aromatic N) is 3. The van der Waals surface area contributed by atoms with E-state index in [-0.39, 0.29) is 10.8 Å². The minimum atomic E-state index is 0.0330. The van der Waals surface area contributed by atoms with Gasteiger partial charge in [0, 0.05) is 39.7 Å². The molecule has 0 unspecified atom stereocenters. The standard InChI is InChI=1S/C29H31IN4/c1-32-17-15-28(22-12-8-13-23(30)25(22)31-26(28)32)29-16-18-33(2)27(29)34(19-20-9-4-3-5-10-20)24-14-7-6-11-21(24)29/h3-14,26-27,31H,15-19H2,1-2H3/t26-,27+,28+,29+/m0/s1. The fourth-order valence-electron chi connectivity index (χ4n) is 8.03. The summed E-state index contributed by atoms with van der Waals surface area (Å²) in [4.78, 5) is 7.93. The molecule has 174 valence electrons. The van der Waals surface area contributed by atoms with Crippen LogP contribution < -0.4 is 10.2 Å². The Labute approximate surface area is 216 Å². The molecule has 4 heterocycles. The zero-order valence-electron chi connectivity index (χ0n) is 19.8. The van der Waals surface area contributed by atoms with E-state index < -0.39 is 0 Å². The third-order valence-electron chi connectivity index (χ3n) is 9.24. The molecule has 0 radical (unpaired) electrons. The zero-order chi connectivity index (χ0) is 23.1. The molecule has 0 bridgehead atoms. The summed E-state index contributed by atoms with van der Waals surface area (Å²) in [5.41, 5.74) is 7.32. The lowest BCUT2D eigenvalue weighted by molar-refractivity contribution is 0.133. The quantitative estimate of drug-likeness (QED) is 0.441. The number of halogens is 1. The van der Waals surface area contributed by atoms with Crippen LogP contribution in [0.1, 0.15) is 29.5 Å². The van der Waals surface area contributed by atoms with Crippen molar-refractivity contribution in [3.05, 3.63) is 93.1 Å². The van der Waals surface area contributed by atoms with Crippen LogP contribution in [-0.4, -0.2) is 49.3 Å². The maximum atomic E-state index is 4.03. The molecule has 0 aliphatic carbocycles. The molecule has 34 heavy (non-hydrogen) atoms. The van der Waals surface area contributed by atoms with Gasteiger partial charge in [-0.3, -0.25) is 9.80 Å².